The molecular formula is C22H35N5. The lowest BCUT2D eigenvalue weighted by atomic mass is 9.98. The minimum Gasteiger partial charge on any atom is -0.361 e. The molecule has 0 aliphatic carbocycles. The molecule has 0 bridgehead atoms. The summed E-state index contributed by atoms with van der Waals surface area (Å²) in [6.07, 6.45) is 5.73. The zero-order valence-corrected chi connectivity index (χ0v) is 17.1. The highest BCUT2D eigenvalue weighted by molar-refractivity contribution is 5.84. The van der Waals surface area contributed by atoms with Gasteiger partial charge in [0.05, 0.1) is 0 Å². The first-order chi connectivity index (χ1) is 13.2. The Labute approximate surface area is 163 Å². The van der Waals surface area contributed by atoms with Crippen LogP contribution in [0.4, 0.5) is 0 Å². The lowest BCUT2D eigenvalue weighted by molar-refractivity contribution is 0.186. The first-order valence-electron chi connectivity index (χ1n) is 10.5. The lowest BCUT2D eigenvalue weighted by Crippen LogP contribution is -2.40. The molecule has 1 aliphatic rings. The van der Waals surface area contributed by atoms with Crippen LogP contribution in [0.1, 0.15) is 37.8 Å². The second-order valence-corrected chi connectivity index (χ2v) is 7.66. The predicted octanol–water partition coefficient (Wildman–Crippen LogP) is 3.31. The quantitative estimate of drug-likeness (QED) is 0.518. The average molecular weight is 370 g/mol. The van der Waals surface area contributed by atoms with E-state index >= 15 is 0 Å². The molecule has 2 heterocycles. The Kier molecular flexibility index (Phi) is 7.16. The molecular weight excluding hydrogens is 334 g/mol. The zero-order chi connectivity index (χ0) is 19.1. The molecule has 27 heavy (non-hydrogen) atoms. The molecule has 1 saturated heterocycles. The Morgan fingerprint density at radius 3 is 3.00 bits per heavy atom. The molecule has 0 spiro atoms. The third kappa shape index (κ3) is 5.48. The van der Waals surface area contributed by atoms with Gasteiger partial charge in [0.1, 0.15) is 0 Å². The zero-order valence-electron chi connectivity index (χ0n) is 17.1. The monoisotopic (exact) mass is 369 g/mol. The third-order valence-electron chi connectivity index (χ3n) is 5.51. The van der Waals surface area contributed by atoms with E-state index in [-0.39, 0.29) is 0 Å². The fourth-order valence-electron chi connectivity index (χ4n) is 3.97. The summed E-state index contributed by atoms with van der Waals surface area (Å²) in [5, 5.41) is 8.23. The number of hydrogen-bond donors (Lipinski definition) is 3. The second-order valence-electron chi connectivity index (χ2n) is 7.66. The van der Waals surface area contributed by atoms with Crippen molar-refractivity contribution in [3.8, 4) is 0 Å². The van der Waals surface area contributed by atoms with Crippen molar-refractivity contribution >= 4 is 16.9 Å². The molecule has 0 radical (unpaired) electrons. The van der Waals surface area contributed by atoms with E-state index in [1.165, 1.54) is 48.0 Å². The molecule has 3 rings (SSSR count). The molecule has 5 heteroatoms. The summed E-state index contributed by atoms with van der Waals surface area (Å²) < 4.78 is 0. The number of aliphatic imine (C=N–C) groups is 1. The summed E-state index contributed by atoms with van der Waals surface area (Å²) in [5.74, 6) is 1.63. The molecule has 0 amide bonds. The van der Waals surface area contributed by atoms with E-state index in [1.807, 2.05) is 0 Å². The van der Waals surface area contributed by atoms with Crippen LogP contribution in [0.25, 0.3) is 10.9 Å². The Morgan fingerprint density at radius 2 is 2.19 bits per heavy atom. The van der Waals surface area contributed by atoms with Gasteiger partial charge < -0.3 is 20.5 Å². The van der Waals surface area contributed by atoms with Crippen molar-refractivity contribution in [2.75, 3.05) is 39.3 Å². The van der Waals surface area contributed by atoms with Gasteiger partial charge in [-0.05, 0) is 69.3 Å². The molecule has 1 aromatic carbocycles. The largest absolute Gasteiger partial charge is 0.361 e. The summed E-state index contributed by atoms with van der Waals surface area (Å²) in [5.41, 5.74) is 3.88. The first kappa shape index (κ1) is 19.7. The van der Waals surface area contributed by atoms with Gasteiger partial charge in [-0.1, -0.05) is 19.1 Å². The van der Waals surface area contributed by atoms with Crippen molar-refractivity contribution in [2.45, 2.75) is 40.0 Å². The molecule has 0 saturated carbocycles. The normalized spacial score (nSPS) is 18.8. The van der Waals surface area contributed by atoms with E-state index in [2.05, 4.69) is 65.7 Å². The van der Waals surface area contributed by atoms with Gasteiger partial charge in [-0.15, -0.1) is 0 Å². The number of rotatable bonds is 7. The van der Waals surface area contributed by atoms with Crippen LogP contribution in [0.3, 0.4) is 0 Å². The molecule has 1 aromatic heterocycles. The van der Waals surface area contributed by atoms with Crippen LogP contribution >= 0.6 is 0 Å². The highest BCUT2D eigenvalue weighted by atomic mass is 15.2. The highest BCUT2D eigenvalue weighted by Gasteiger charge is 2.18. The van der Waals surface area contributed by atoms with E-state index in [0.29, 0.717) is 5.92 Å². The Bertz CT molecular complexity index is 748. The Hall–Kier alpha value is -2.01. The number of likely N-dealkylation sites (tertiary alicyclic amines) is 1. The topological polar surface area (TPSA) is 55.5 Å². The number of nitrogens with one attached hydrogen (secondary N) is 3. The number of H-pyrrole nitrogens is 1. The molecule has 1 atom stereocenters. The molecule has 1 fully saturated rings. The number of piperidine rings is 1. The van der Waals surface area contributed by atoms with Crippen molar-refractivity contribution in [3.05, 3.63) is 35.5 Å². The maximum atomic E-state index is 4.86. The summed E-state index contributed by atoms with van der Waals surface area (Å²) in [4.78, 5) is 10.8. The number of guanidine groups is 1. The van der Waals surface area contributed by atoms with Crippen molar-refractivity contribution in [2.24, 2.45) is 10.9 Å². The minimum atomic E-state index is 0.686. The van der Waals surface area contributed by atoms with Gasteiger partial charge in [-0.2, -0.15) is 0 Å². The van der Waals surface area contributed by atoms with Gasteiger partial charge >= 0.3 is 0 Å². The van der Waals surface area contributed by atoms with Crippen molar-refractivity contribution in [3.63, 3.8) is 0 Å². The van der Waals surface area contributed by atoms with Gasteiger partial charge in [0, 0.05) is 43.3 Å². The lowest BCUT2D eigenvalue weighted by Gasteiger charge is -2.31. The van der Waals surface area contributed by atoms with E-state index < -0.39 is 0 Å². The molecule has 1 unspecified atom stereocenters. The number of aromatic nitrogens is 1. The van der Waals surface area contributed by atoms with Crippen molar-refractivity contribution in [1.82, 2.24) is 20.5 Å². The fraction of sp³-hybridized carbons (Fsp3) is 0.591. The van der Waals surface area contributed by atoms with Gasteiger partial charge in [0.15, 0.2) is 5.96 Å². The molecule has 3 N–H and O–H groups in total. The van der Waals surface area contributed by atoms with Crippen molar-refractivity contribution in [1.29, 1.82) is 0 Å². The van der Waals surface area contributed by atoms with Crippen LogP contribution in [-0.4, -0.2) is 55.1 Å². The Morgan fingerprint density at radius 1 is 1.30 bits per heavy atom. The maximum absolute atomic E-state index is 4.86. The summed E-state index contributed by atoms with van der Waals surface area (Å²) >= 11 is 0. The predicted molar refractivity (Wildman–Crippen MR) is 116 cm³/mol. The van der Waals surface area contributed by atoms with Crippen molar-refractivity contribution < 1.29 is 0 Å². The Balaban J connectivity index is 1.53. The van der Waals surface area contributed by atoms with Crippen LogP contribution in [-0.2, 0) is 6.42 Å². The van der Waals surface area contributed by atoms with Gasteiger partial charge in [-0.25, -0.2) is 0 Å². The number of benzene rings is 1. The number of nitrogens with zero attached hydrogens (tertiary/aromatic N) is 2. The van der Waals surface area contributed by atoms with E-state index in [0.717, 1.165) is 38.6 Å². The standard InChI is InChI=1S/C22H35N5/c1-4-23-22(26-14-18-7-6-12-27(5-2)16-18)24-11-10-19-15-25-21-13-17(3)8-9-20(19)21/h8-9,13,15,18,25H,4-7,10-12,14,16H2,1-3H3,(H2,23,24,26). The van der Waals surface area contributed by atoms with Crippen LogP contribution < -0.4 is 10.6 Å². The van der Waals surface area contributed by atoms with Crippen LogP contribution in [0, 0.1) is 12.8 Å². The number of hydrogen-bond acceptors (Lipinski definition) is 2. The van der Waals surface area contributed by atoms with E-state index in [4.69, 9.17) is 4.99 Å². The highest BCUT2D eigenvalue weighted by Crippen LogP contribution is 2.19. The summed E-state index contributed by atoms with van der Waals surface area (Å²) in [7, 11) is 0. The maximum Gasteiger partial charge on any atom is 0.191 e. The van der Waals surface area contributed by atoms with E-state index in [1.54, 1.807) is 0 Å². The smallest absolute Gasteiger partial charge is 0.191 e. The molecule has 5 nitrogen and oxygen atoms in total. The minimum absolute atomic E-state index is 0.686. The van der Waals surface area contributed by atoms with Crippen LogP contribution in [0.2, 0.25) is 0 Å². The van der Waals surface area contributed by atoms with Gasteiger partial charge in [0.2, 0.25) is 0 Å². The molecule has 148 valence electrons. The average Bonchev–Trinajstić information content (AvgIpc) is 3.08. The fourth-order valence-corrected chi connectivity index (χ4v) is 3.97. The molecule has 2 aromatic rings. The second kappa shape index (κ2) is 9.79. The van der Waals surface area contributed by atoms with E-state index in [9.17, 15) is 0 Å². The molecule has 1 aliphatic heterocycles. The SMILES string of the molecule is CCNC(=NCC1CCCN(CC)C1)NCCc1c[nH]c2cc(C)ccc12. The number of aryl methyl sites for hydroxylation is 1. The third-order valence-corrected chi connectivity index (χ3v) is 5.51. The van der Waals surface area contributed by atoms with Crippen LogP contribution in [0.15, 0.2) is 29.4 Å². The number of aromatic amines is 1. The summed E-state index contributed by atoms with van der Waals surface area (Å²) in [6.45, 7) is 12.8. The summed E-state index contributed by atoms with van der Waals surface area (Å²) in [6, 6.07) is 6.61. The van der Waals surface area contributed by atoms with Crippen LogP contribution in [0.5, 0.6) is 0 Å². The van der Waals surface area contributed by atoms with Gasteiger partial charge in [0.25, 0.3) is 0 Å². The number of fused-ring (bicyclic) bond motifs is 1. The van der Waals surface area contributed by atoms with Gasteiger partial charge in [-0.3, -0.25) is 4.99 Å². The first-order valence-corrected chi connectivity index (χ1v) is 10.5.